The molecule has 11 nitrogen and oxygen atoms in total. The Morgan fingerprint density at radius 1 is 1.17 bits per heavy atom. The minimum absolute atomic E-state index is 0.00717. The van der Waals surface area contributed by atoms with Gasteiger partial charge >= 0.3 is 6.09 Å². The molecule has 2 amide bonds. The van der Waals surface area contributed by atoms with E-state index in [0.717, 1.165) is 14.6 Å². The van der Waals surface area contributed by atoms with E-state index in [4.69, 9.17) is 4.74 Å². The number of anilines is 1. The fourth-order valence-corrected chi connectivity index (χ4v) is 3.58. The van der Waals surface area contributed by atoms with Gasteiger partial charge in [0.15, 0.2) is 5.69 Å². The fourth-order valence-electron chi connectivity index (χ4n) is 3.31. The van der Waals surface area contributed by atoms with Crippen molar-refractivity contribution >= 4 is 33.6 Å². The number of rotatable bonds is 7. The van der Waals surface area contributed by atoms with Crippen molar-refractivity contribution in [1.82, 2.24) is 20.0 Å². The molecule has 3 N–H and O–H groups in total. The van der Waals surface area contributed by atoms with Crippen LogP contribution in [0.5, 0.6) is 5.75 Å². The van der Waals surface area contributed by atoms with Crippen molar-refractivity contribution in [2.24, 2.45) is 7.05 Å². The molecule has 12 heteroatoms. The van der Waals surface area contributed by atoms with Gasteiger partial charge in [-0.05, 0) is 23.3 Å². The normalized spacial score (nSPS) is 11.5. The van der Waals surface area contributed by atoms with E-state index in [0.29, 0.717) is 5.56 Å². The van der Waals surface area contributed by atoms with E-state index >= 15 is 0 Å². The van der Waals surface area contributed by atoms with Gasteiger partial charge in [-0.25, -0.2) is 9.78 Å². The third-order valence-corrected chi connectivity index (χ3v) is 5.67. The number of nitrogens with zero attached hydrogens (tertiary/aromatic N) is 3. The average Bonchev–Trinajstić information content (AvgIpc) is 3.39. The van der Waals surface area contributed by atoms with Gasteiger partial charge in [-0.15, -0.1) is 0 Å². The third kappa shape index (κ3) is 5.61. The van der Waals surface area contributed by atoms with Crippen LogP contribution in [0.4, 0.5) is 10.5 Å². The summed E-state index contributed by atoms with van der Waals surface area (Å²) in [7, 11) is 1.37. The maximum atomic E-state index is 12.8. The summed E-state index contributed by atoms with van der Waals surface area (Å²) in [4.78, 5) is 42.6. The minimum atomic E-state index is -0.998. The predicted octanol–water partition coefficient (Wildman–Crippen LogP) is 3.50. The molecule has 184 valence electrons. The zero-order valence-electron chi connectivity index (χ0n) is 18.8. The lowest BCUT2D eigenvalue weighted by molar-refractivity contribution is 0.101. The number of hydrogen-bond acceptors (Lipinski definition) is 8. The quantitative estimate of drug-likeness (QED) is 0.314. The molecule has 2 aromatic heterocycles. The first-order valence-corrected chi connectivity index (χ1v) is 11.4. The first kappa shape index (κ1) is 24.7. The molecule has 2 heterocycles. The average molecular weight is 554 g/mol. The summed E-state index contributed by atoms with van der Waals surface area (Å²) >= 11 is 3.37. The number of nitrogens with one attached hydrogen (secondary N) is 2. The number of benzene rings is 2. The van der Waals surface area contributed by atoms with Crippen LogP contribution in [0.15, 0.2) is 80.8 Å². The number of carbonyl (C=O) groups is 2. The molecule has 2 aromatic carbocycles. The molecular weight excluding hydrogens is 534 g/mol. The van der Waals surface area contributed by atoms with E-state index in [-0.39, 0.29) is 18.1 Å². The van der Waals surface area contributed by atoms with Crippen LogP contribution >= 0.6 is 15.9 Å². The van der Waals surface area contributed by atoms with E-state index in [2.05, 4.69) is 41.2 Å². The Morgan fingerprint density at radius 2 is 1.89 bits per heavy atom. The molecule has 0 aliphatic rings. The number of aromatic nitrogens is 3. The molecule has 0 spiro atoms. The largest absolute Gasteiger partial charge is 0.501 e. The van der Waals surface area contributed by atoms with Crippen molar-refractivity contribution in [2.45, 2.75) is 12.6 Å². The molecule has 0 saturated heterocycles. The number of halogens is 1. The van der Waals surface area contributed by atoms with Gasteiger partial charge < -0.3 is 25.0 Å². The molecule has 0 saturated carbocycles. The van der Waals surface area contributed by atoms with Crippen LogP contribution in [0.25, 0.3) is 0 Å². The smallest absolute Gasteiger partial charge is 0.408 e. The van der Waals surface area contributed by atoms with E-state index < -0.39 is 35.0 Å². The highest BCUT2D eigenvalue weighted by Gasteiger charge is 2.27. The van der Waals surface area contributed by atoms with Gasteiger partial charge in [-0.2, -0.15) is 0 Å². The lowest BCUT2D eigenvalue weighted by Crippen LogP contribution is -2.36. The Hall–Kier alpha value is -4.45. The van der Waals surface area contributed by atoms with Crippen LogP contribution in [0, 0.1) is 0 Å². The van der Waals surface area contributed by atoms with E-state index in [9.17, 15) is 19.5 Å². The maximum absolute atomic E-state index is 12.8. The maximum Gasteiger partial charge on any atom is 0.408 e. The molecule has 0 aliphatic heterocycles. The van der Waals surface area contributed by atoms with Crippen molar-refractivity contribution in [3.8, 4) is 5.75 Å². The molecule has 1 unspecified atom stereocenters. The number of hydrogen-bond donors (Lipinski definition) is 3. The van der Waals surface area contributed by atoms with Gasteiger partial charge in [0.05, 0.1) is 6.20 Å². The summed E-state index contributed by atoms with van der Waals surface area (Å²) in [6.07, 6.45) is 1.64. The highest BCUT2D eigenvalue weighted by atomic mass is 79.9. The van der Waals surface area contributed by atoms with Crippen LogP contribution in [0.2, 0.25) is 0 Å². The Labute approximate surface area is 212 Å². The van der Waals surface area contributed by atoms with Crippen molar-refractivity contribution in [1.29, 1.82) is 0 Å². The van der Waals surface area contributed by atoms with Crippen molar-refractivity contribution in [3.63, 3.8) is 0 Å². The molecule has 0 fully saturated rings. The van der Waals surface area contributed by atoms with Crippen molar-refractivity contribution in [3.05, 3.63) is 105 Å². The van der Waals surface area contributed by atoms with Crippen LogP contribution in [-0.2, 0) is 18.4 Å². The molecule has 0 radical (unpaired) electrons. The number of amides is 2. The molecule has 0 bridgehead atoms. The molecule has 1 atom stereocenters. The van der Waals surface area contributed by atoms with Gasteiger partial charge in [-0.3, -0.25) is 14.2 Å². The van der Waals surface area contributed by atoms with E-state index in [1.54, 1.807) is 24.3 Å². The van der Waals surface area contributed by atoms with Crippen molar-refractivity contribution in [2.75, 3.05) is 5.32 Å². The second-order valence-corrected chi connectivity index (χ2v) is 8.50. The molecule has 4 rings (SSSR count). The standard InChI is InChI=1S/C24H20BrN5O6/c1-30-21(28-19(20(31)23(30)33)22(32)27-17-11-26-36-13-17)18(15-7-9-16(25)10-8-15)29-24(34)35-12-14-5-3-2-4-6-14/h2-11,13,18,31H,12H2,1H3,(H,27,32)(H,29,34). The number of alkyl carbamates (subject to hydrolysis) is 1. The molecule has 4 aromatic rings. The Bertz CT molecular complexity index is 1420. The number of carbonyl (C=O) groups excluding carboxylic acids is 2. The lowest BCUT2D eigenvalue weighted by atomic mass is 10.1. The number of ether oxygens (including phenoxy) is 1. The molecular formula is C24H20BrN5O6. The summed E-state index contributed by atoms with van der Waals surface area (Å²) in [6, 6.07) is 15.0. The Morgan fingerprint density at radius 3 is 2.56 bits per heavy atom. The second-order valence-electron chi connectivity index (χ2n) is 7.59. The second kappa shape index (κ2) is 10.9. The Kier molecular flexibility index (Phi) is 7.44. The summed E-state index contributed by atoms with van der Waals surface area (Å²) in [6.45, 7) is 0.0219. The predicted molar refractivity (Wildman–Crippen MR) is 131 cm³/mol. The Balaban J connectivity index is 1.69. The van der Waals surface area contributed by atoms with Gasteiger partial charge in [0.2, 0.25) is 5.75 Å². The fraction of sp³-hybridized carbons (Fsp3) is 0.125. The zero-order valence-corrected chi connectivity index (χ0v) is 20.4. The summed E-state index contributed by atoms with van der Waals surface area (Å²) in [5.41, 5.74) is 0.132. The SMILES string of the molecule is Cn1c(C(NC(=O)OCc2ccccc2)c2ccc(Br)cc2)nc(C(=O)Nc2cnoc2)c(O)c1=O. The van der Waals surface area contributed by atoms with Crippen LogP contribution in [-0.4, -0.2) is 31.8 Å². The molecule has 0 aliphatic carbocycles. The van der Waals surface area contributed by atoms with Gasteiger partial charge in [0.1, 0.15) is 30.4 Å². The summed E-state index contributed by atoms with van der Waals surface area (Å²) < 4.78 is 11.9. The van der Waals surface area contributed by atoms with E-state index in [1.165, 1.54) is 19.5 Å². The minimum Gasteiger partial charge on any atom is -0.501 e. The van der Waals surface area contributed by atoms with Gasteiger partial charge in [0, 0.05) is 11.5 Å². The van der Waals surface area contributed by atoms with Crippen LogP contribution in [0.1, 0.15) is 33.5 Å². The zero-order chi connectivity index (χ0) is 25.7. The van der Waals surface area contributed by atoms with Gasteiger partial charge in [-0.1, -0.05) is 63.6 Å². The highest BCUT2D eigenvalue weighted by molar-refractivity contribution is 9.10. The van der Waals surface area contributed by atoms with E-state index in [1.807, 2.05) is 30.3 Å². The summed E-state index contributed by atoms with van der Waals surface area (Å²) in [5.74, 6) is -1.72. The first-order valence-electron chi connectivity index (χ1n) is 10.6. The summed E-state index contributed by atoms with van der Waals surface area (Å²) in [5, 5.41) is 19.0. The highest BCUT2D eigenvalue weighted by Crippen LogP contribution is 2.24. The monoisotopic (exact) mass is 553 g/mol. The lowest BCUT2D eigenvalue weighted by Gasteiger charge is -2.22. The topological polar surface area (TPSA) is 149 Å². The first-order chi connectivity index (χ1) is 17.3. The molecule has 36 heavy (non-hydrogen) atoms. The van der Waals surface area contributed by atoms with Crippen LogP contribution < -0.4 is 16.2 Å². The van der Waals surface area contributed by atoms with Crippen molar-refractivity contribution < 1.29 is 24.0 Å². The third-order valence-electron chi connectivity index (χ3n) is 5.14. The number of aromatic hydroxyl groups is 1. The van der Waals surface area contributed by atoms with Crippen LogP contribution in [0.3, 0.4) is 0 Å². The van der Waals surface area contributed by atoms with Gasteiger partial charge in [0.25, 0.3) is 11.5 Å².